The van der Waals surface area contributed by atoms with Gasteiger partial charge in [0.2, 0.25) is 0 Å². The molecule has 8 rings (SSSR count). The summed E-state index contributed by atoms with van der Waals surface area (Å²) in [6, 6.07) is 49.4. The minimum atomic E-state index is 0.716. The second-order valence-corrected chi connectivity index (χ2v) is 13.9. The van der Waals surface area contributed by atoms with E-state index in [4.69, 9.17) is 4.99 Å². The molecule has 7 aromatic rings. The van der Waals surface area contributed by atoms with Crippen molar-refractivity contribution in [3.8, 4) is 22.3 Å². The predicted octanol–water partition coefficient (Wildman–Crippen LogP) is 14.8. The number of allylic oxidation sites excluding steroid dienone is 7. The largest absolute Gasteiger partial charge is 0.256 e. The molecule has 0 aliphatic heterocycles. The molecular weight excluding hydrogens is 677 g/mol. The van der Waals surface area contributed by atoms with Crippen LogP contribution < -0.4 is 0 Å². The Balaban J connectivity index is 0.00000237. The molecule has 0 unspecified atom stereocenters. The van der Waals surface area contributed by atoms with Gasteiger partial charge < -0.3 is 0 Å². The van der Waals surface area contributed by atoms with Gasteiger partial charge in [-0.05, 0) is 118 Å². The molecule has 2 heteroatoms. The van der Waals surface area contributed by atoms with E-state index in [-0.39, 0.29) is 0 Å². The highest BCUT2D eigenvalue weighted by atomic mass is 14.8. The van der Waals surface area contributed by atoms with Gasteiger partial charge in [-0.15, -0.1) is 0 Å². The maximum atomic E-state index is 5.24. The molecule has 0 fully saturated rings. The number of aryl methyl sites for hydroxylation is 1. The summed E-state index contributed by atoms with van der Waals surface area (Å²) in [7, 11) is 0. The predicted molar refractivity (Wildman–Crippen MR) is 243 cm³/mol. The number of benzene rings is 6. The zero-order chi connectivity index (χ0) is 39.0. The van der Waals surface area contributed by atoms with Crippen LogP contribution in [0, 0.1) is 6.92 Å². The van der Waals surface area contributed by atoms with E-state index in [1.54, 1.807) is 0 Å². The summed E-state index contributed by atoms with van der Waals surface area (Å²) >= 11 is 0. The summed E-state index contributed by atoms with van der Waals surface area (Å²) in [5.41, 5.74) is 16.5. The molecule has 0 saturated heterocycles. The van der Waals surface area contributed by atoms with Crippen LogP contribution in [0.2, 0.25) is 0 Å². The normalized spacial score (nSPS) is 13.1. The van der Waals surface area contributed by atoms with Gasteiger partial charge in [-0.1, -0.05) is 166 Å². The van der Waals surface area contributed by atoms with Crippen molar-refractivity contribution in [1.29, 1.82) is 0 Å². The summed E-state index contributed by atoms with van der Waals surface area (Å²) in [6.45, 7) is 17.0. The van der Waals surface area contributed by atoms with Gasteiger partial charge in [0.25, 0.3) is 0 Å². The molecule has 1 aliphatic rings. The van der Waals surface area contributed by atoms with Crippen molar-refractivity contribution in [3.63, 3.8) is 0 Å². The summed E-state index contributed by atoms with van der Waals surface area (Å²) in [5.74, 6) is 0. The Morgan fingerprint density at radius 2 is 1.39 bits per heavy atom. The lowest BCUT2D eigenvalue weighted by Crippen LogP contribution is -2.06. The Labute approximate surface area is 332 Å². The molecular formula is C54H48N2. The minimum absolute atomic E-state index is 0.716. The fourth-order valence-electron chi connectivity index (χ4n) is 7.62. The van der Waals surface area contributed by atoms with Crippen molar-refractivity contribution < 1.29 is 0 Å². The van der Waals surface area contributed by atoms with E-state index in [1.807, 2.05) is 38.3 Å². The quantitative estimate of drug-likeness (QED) is 0.107. The summed E-state index contributed by atoms with van der Waals surface area (Å²) in [4.78, 5) is 9.91. The number of aromatic nitrogens is 1. The maximum Gasteiger partial charge on any atom is 0.0784 e. The van der Waals surface area contributed by atoms with Crippen LogP contribution in [0.3, 0.4) is 0 Å². The van der Waals surface area contributed by atoms with Gasteiger partial charge >= 0.3 is 0 Å². The summed E-state index contributed by atoms with van der Waals surface area (Å²) in [6.07, 6.45) is 12.6. The van der Waals surface area contributed by atoms with E-state index in [0.717, 1.165) is 74.0 Å². The maximum absolute atomic E-state index is 5.24. The van der Waals surface area contributed by atoms with Crippen molar-refractivity contribution in [2.45, 2.75) is 40.5 Å². The van der Waals surface area contributed by atoms with E-state index in [9.17, 15) is 0 Å². The first-order valence-electron chi connectivity index (χ1n) is 19.6. The molecule has 0 amide bonds. The lowest BCUT2D eigenvalue weighted by molar-refractivity contribution is 0.950. The van der Waals surface area contributed by atoms with Crippen LogP contribution in [-0.2, 0) is 0 Å². The number of hydrogen-bond acceptors (Lipinski definition) is 2. The topological polar surface area (TPSA) is 25.2 Å². The van der Waals surface area contributed by atoms with Gasteiger partial charge in [-0.25, -0.2) is 4.99 Å². The molecule has 0 N–H and O–H groups in total. The molecule has 274 valence electrons. The summed E-state index contributed by atoms with van der Waals surface area (Å²) in [5, 5.41) is 3.58. The second kappa shape index (κ2) is 17.2. The number of hydrogen-bond donors (Lipinski definition) is 0. The number of para-hydroxylation sites is 1. The lowest BCUT2D eigenvalue weighted by Gasteiger charge is -2.19. The average Bonchev–Trinajstić information content (AvgIpc) is 3.26. The van der Waals surface area contributed by atoms with Gasteiger partial charge in [0.1, 0.15) is 0 Å². The van der Waals surface area contributed by atoms with E-state index < -0.39 is 0 Å². The molecule has 2 nitrogen and oxygen atoms in total. The highest BCUT2D eigenvalue weighted by Crippen LogP contribution is 2.38. The first-order chi connectivity index (χ1) is 27.5. The van der Waals surface area contributed by atoms with Crippen LogP contribution in [0.4, 0.5) is 0 Å². The van der Waals surface area contributed by atoms with E-state index in [0.29, 0.717) is 5.70 Å². The second-order valence-electron chi connectivity index (χ2n) is 13.9. The monoisotopic (exact) mass is 724 g/mol. The fourth-order valence-corrected chi connectivity index (χ4v) is 7.62. The third-order valence-electron chi connectivity index (χ3n) is 10.5. The fraction of sp³-hybridized carbons (Fsp3) is 0.111. The molecule has 0 atom stereocenters. The van der Waals surface area contributed by atoms with Crippen molar-refractivity contribution >= 4 is 38.7 Å². The smallest absolute Gasteiger partial charge is 0.0784 e. The number of nitrogens with zero attached hydrogens (tertiary/aromatic N) is 2. The van der Waals surface area contributed by atoms with Crippen LogP contribution in [0.25, 0.3) is 55.2 Å². The van der Waals surface area contributed by atoms with Gasteiger partial charge in [-0.3, -0.25) is 4.98 Å². The SMILES string of the molecule is C=C/C=C(\C1=C(C)CCC=C1)c1cc(-c2ccc(C(=C)N=C(c3ccccc3)c3ccc4ccccc4c3C)cc2)cc(-c2ccnc3ccccc23)c1.CC. The lowest BCUT2D eigenvalue weighted by atomic mass is 9.86. The standard InChI is InChI=1S/C52H42N2.C2H6/c1-5-15-48(45-20-11-9-16-35(45)2)43-32-42(33-44(34-43)49-30-31-53-51-23-14-13-22-50(49)51)39-26-24-38(25-27-39)37(4)54-52(41-18-7-6-8-19-41)47-29-28-40-17-10-12-21-46(40)36(47)3;1-2/h5-8,10-15,17-34H,1,4,9,16H2,2-3H3;1-2H3/b48-15-,54-52?;. The number of pyridine rings is 1. The third kappa shape index (κ3) is 7.78. The van der Waals surface area contributed by atoms with Crippen LogP contribution in [0.15, 0.2) is 199 Å². The van der Waals surface area contributed by atoms with Crippen molar-refractivity contribution in [2.75, 3.05) is 0 Å². The van der Waals surface area contributed by atoms with Crippen LogP contribution in [0.1, 0.15) is 61.4 Å². The summed E-state index contributed by atoms with van der Waals surface area (Å²) < 4.78 is 0. The zero-order valence-electron chi connectivity index (χ0n) is 32.9. The number of rotatable bonds is 9. The van der Waals surface area contributed by atoms with Gasteiger partial charge in [0.15, 0.2) is 0 Å². The Morgan fingerprint density at radius 3 is 2.16 bits per heavy atom. The van der Waals surface area contributed by atoms with Gasteiger partial charge in [0, 0.05) is 22.7 Å². The van der Waals surface area contributed by atoms with Crippen LogP contribution in [0.5, 0.6) is 0 Å². The third-order valence-corrected chi connectivity index (χ3v) is 10.5. The Morgan fingerprint density at radius 1 is 0.679 bits per heavy atom. The molecule has 0 bridgehead atoms. The van der Waals surface area contributed by atoms with Gasteiger partial charge in [0.05, 0.1) is 16.9 Å². The van der Waals surface area contributed by atoms with E-state index in [1.165, 1.54) is 33.1 Å². The molecule has 1 heterocycles. The minimum Gasteiger partial charge on any atom is -0.256 e. The van der Waals surface area contributed by atoms with Gasteiger partial charge in [-0.2, -0.15) is 0 Å². The first kappa shape index (κ1) is 37.7. The van der Waals surface area contributed by atoms with Crippen molar-refractivity contribution in [3.05, 3.63) is 222 Å². The van der Waals surface area contributed by atoms with Crippen LogP contribution in [-0.4, -0.2) is 10.7 Å². The Kier molecular flexibility index (Phi) is 11.6. The molecule has 0 spiro atoms. The molecule has 1 aliphatic carbocycles. The highest BCUT2D eigenvalue weighted by molar-refractivity contribution is 6.17. The average molecular weight is 725 g/mol. The molecule has 6 aromatic carbocycles. The van der Waals surface area contributed by atoms with E-state index in [2.05, 4.69) is 178 Å². The molecule has 56 heavy (non-hydrogen) atoms. The molecule has 0 radical (unpaired) electrons. The first-order valence-corrected chi connectivity index (χ1v) is 19.6. The molecule has 1 aromatic heterocycles. The highest BCUT2D eigenvalue weighted by Gasteiger charge is 2.17. The molecule has 0 saturated carbocycles. The van der Waals surface area contributed by atoms with Crippen molar-refractivity contribution in [1.82, 2.24) is 4.98 Å². The zero-order valence-corrected chi connectivity index (χ0v) is 32.9. The number of fused-ring (bicyclic) bond motifs is 2. The van der Waals surface area contributed by atoms with E-state index >= 15 is 0 Å². The Bertz CT molecular complexity index is 2680. The number of aliphatic imine (C=N–C) groups is 1. The van der Waals surface area contributed by atoms with Crippen LogP contribution >= 0.6 is 0 Å². The Hall–Kier alpha value is -6.64. The van der Waals surface area contributed by atoms with Crippen molar-refractivity contribution in [2.24, 2.45) is 4.99 Å².